The van der Waals surface area contributed by atoms with Crippen LogP contribution in [0.25, 0.3) is 12.2 Å². The first kappa shape index (κ1) is 7.86. The lowest BCUT2D eigenvalue weighted by Crippen LogP contribution is -1.75. The molecule has 1 rings (SSSR count). The van der Waals surface area contributed by atoms with E-state index in [2.05, 4.69) is 24.6 Å². The second kappa shape index (κ2) is 3.24. The number of rotatable bonds is 2. The fourth-order valence-corrected chi connectivity index (χ4v) is 1.11. The van der Waals surface area contributed by atoms with Crippen molar-refractivity contribution < 1.29 is 0 Å². The SMILES string of the molecule is C=Cc1[nH]cc(C)c1/C=C\C. The standard InChI is InChI=1S/C10H13N/c1-4-6-9-8(3)7-11-10(9)5-2/h4-7,11H,2H2,1,3H3/b6-4-. The first-order valence-electron chi connectivity index (χ1n) is 3.72. The summed E-state index contributed by atoms with van der Waals surface area (Å²) in [4.78, 5) is 3.14. The number of H-pyrrole nitrogens is 1. The summed E-state index contributed by atoms with van der Waals surface area (Å²) in [5.41, 5.74) is 3.60. The molecule has 0 spiro atoms. The molecular formula is C10H13N. The van der Waals surface area contributed by atoms with Crippen LogP contribution in [0.4, 0.5) is 0 Å². The van der Waals surface area contributed by atoms with Crippen molar-refractivity contribution in [3.8, 4) is 0 Å². The summed E-state index contributed by atoms with van der Waals surface area (Å²) >= 11 is 0. The van der Waals surface area contributed by atoms with E-state index in [0.29, 0.717) is 0 Å². The summed E-state index contributed by atoms with van der Waals surface area (Å²) in [5.74, 6) is 0. The smallest absolute Gasteiger partial charge is 0.0450 e. The largest absolute Gasteiger partial charge is 0.361 e. The van der Waals surface area contributed by atoms with E-state index >= 15 is 0 Å². The van der Waals surface area contributed by atoms with E-state index in [0.717, 1.165) is 5.69 Å². The fraction of sp³-hybridized carbons (Fsp3) is 0.200. The highest BCUT2D eigenvalue weighted by Crippen LogP contribution is 2.15. The van der Waals surface area contributed by atoms with E-state index in [9.17, 15) is 0 Å². The van der Waals surface area contributed by atoms with Crippen LogP contribution < -0.4 is 0 Å². The average molecular weight is 147 g/mol. The Labute approximate surface area is 67.5 Å². The molecule has 0 aliphatic carbocycles. The molecule has 0 aromatic carbocycles. The fourth-order valence-electron chi connectivity index (χ4n) is 1.11. The summed E-state index contributed by atoms with van der Waals surface area (Å²) in [5, 5.41) is 0. The third-order valence-electron chi connectivity index (χ3n) is 1.70. The molecule has 11 heavy (non-hydrogen) atoms. The number of aromatic amines is 1. The number of hydrogen-bond donors (Lipinski definition) is 1. The van der Waals surface area contributed by atoms with Gasteiger partial charge in [0.25, 0.3) is 0 Å². The van der Waals surface area contributed by atoms with Gasteiger partial charge < -0.3 is 4.98 Å². The van der Waals surface area contributed by atoms with Gasteiger partial charge in [0.2, 0.25) is 0 Å². The maximum absolute atomic E-state index is 3.72. The van der Waals surface area contributed by atoms with Crippen LogP contribution in [0.1, 0.15) is 23.7 Å². The topological polar surface area (TPSA) is 15.8 Å². The predicted octanol–water partition coefficient (Wildman–Crippen LogP) is 3.00. The molecule has 0 atom stereocenters. The Balaban J connectivity index is 3.17. The van der Waals surface area contributed by atoms with Crippen LogP contribution in [0.15, 0.2) is 18.9 Å². The van der Waals surface area contributed by atoms with Crippen molar-refractivity contribution >= 4 is 12.2 Å². The lowest BCUT2D eigenvalue weighted by Gasteiger charge is -1.92. The molecule has 0 bridgehead atoms. The second-order valence-corrected chi connectivity index (χ2v) is 2.50. The minimum atomic E-state index is 1.10. The van der Waals surface area contributed by atoms with Gasteiger partial charge in [0.15, 0.2) is 0 Å². The maximum Gasteiger partial charge on any atom is 0.0450 e. The van der Waals surface area contributed by atoms with Crippen molar-refractivity contribution in [2.24, 2.45) is 0 Å². The van der Waals surface area contributed by atoms with Gasteiger partial charge in [-0.15, -0.1) is 0 Å². The monoisotopic (exact) mass is 147 g/mol. The van der Waals surface area contributed by atoms with Crippen molar-refractivity contribution in [1.82, 2.24) is 4.98 Å². The van der Waals surface area contributed by atoms with E-state index in [1.54, 1.807) is 0 Å². The summed E-state index contributed by atoms with van der Waals surface area (Å²) < 4.78 is 0. The maximum atomic E-state index is 3.72. The zero-order valence-corrected chi connectivity index (χ0v) is 7.02. The van der Waals surface area contributed by atoms with E-state index < -0.39 is 0 Å². The number of nitrogens with one attached hydrogen (secondary N) is 1. The molecular weight excluding hydrogens is 134 g/mol. The summed E-state index contributed by atoms with van der Waals surface area (Å²) in [6, 6.07) is 0. The molecule has 1 heterocycles. The van der Waals surface area contributed by atoms with E-state index in [1.165, 1.54) is 11.1 Å². The highest BCUT2D eigenvalue weighted by Gasteiger charge is 1.99. The van der Waals surface area contributed by atoms with Crippen LogP contribution in [0, 0.1) is 6.92 Å². The zero-order chi connectivity index (χ0) is 8.27. The van der Waals surface area contributed by atoms with E-state index in [4.69, 9.17) is 0 Å². The van der Waals surface area contributed by atoms with Crippen molar-refractivity contribution in [2.45, 2.75) is 13.8 Å². The van der Waals surface area contributed by atoms with E-state index in [1.807, 2.05) is 25.3 Å². The van der Waals surface area contributed by atoms with Gasteiger partial charge in [-0.25, -0.2) is 0 Å². The van der Waals surface area contributed by atoms with Gasteiger partial charge in [-0.1, -0.05) is 18.7 Å². The predicted molar refractivity (Wildman–Crippen MR) is 50.3 cm³/mol. The highest BCUT2D eigenvalue weighted by molar-refractivity contribution is 5.64. The Morgan fingerprint density at radius 2 is 2.27 bits per heavy atom. The van der Waals surface area contributed by atoms with Crippen LogP contribution in [0.5, 0.6) is 0 Å². The molecule has 0 saturated heterocycles. The van der Waals surface area contributed by atoms with Crippen LogP contribution in [0.2, 0.25) is 0 Å². The lowest BCUT2D eigenvalue weighted by molar-refractivity contribution is 1.36. The van der Waals surface area contributed by atoms with Gasteiger partial charge in [-0.3, -0.25) is 0 Å². The van der Waals surface area contributed by atoms with Crippen molar-refractivity contribution in [3.63, 3.8) is 0 Å². The van der Waals surface area contributed by atoms with Crippen molar-refractivity contribution in [2.75, 3.05) is 0 Å². The molecule has 0 unspecified atom stereocenters. The minimum Gasteiger partial charge on any atom is -0.361 e. The van der Waals surface area contributed by atoms with Crippen LogP contribution in [-0.2, 0) is 0 Å². The Morgan fingerprint density at radius 3 is 2.82 bits per heavy atom. The van der Waals surface area contributed by atoms with Crippen LogP contribution in [0.3, 0.4) is 0 Å². The molecule has 0 saturated carbocycles. The molecule has 1 N–H and O–H groups in total. The molecule has 0 radical (unpaired) electrons. The third-order valence-corrected chi connectivity index (χ3v) is 1.70. The second-order valence-electron chi connectivity index (χ2n) is 2.50. The lowest BCUT2D eigenvalue weighted by atomic mass is 10.1. The number of aromatic nitrogens is 1. The molecule has 0 aliphatic rings. The minimum absolute atomic E-state index is 1.10. The molecule has 1 aromatic rings. The Morgan fingerprint density at radius 1 is 1.55 bits per heavy atom. The average Bonchev–Trinajstić information content (AvgIpc) is 2.34. The van der Waals surface area contributed by atoms with Gasteiger partial charge in [-0.05, 0) is 25.5 Å². The molecule has 0 amide bonds. The first-order valence-corrected chi connectivity index (χ1v) is 3.72. The van der Waals surface area contributed by atoms with Gasteiger partial charge in [-0.2, -0.15) is 0 Å². The quantitative estimate of drug-likeness (QED) is 0.661. The van der Waals surface area contributed by atoms with Gasteiger partial charge in [0, 0.05) is 17.5 Å². The van der Waals surface area contributed by atoms with Crippen molar-refractivity contribution in [1.29, 1.82) is 0 Å². The number of aryl methyl sites for hydroxylation is 1. The zero-order valence-electron chi connectivity index (χ0n) is 7.02. The van der Waals surface area contributed by atoms with Crippen LogP contribution in [-0.4, -0.2) is 4.98 Å². The Kier molecular flexibility index (Phi) is 2.32. The van der Waals surface area contributed by atoms with Gasteiger partial charge in [0.1, 0.15) is 0 Å². The molecule has 1 aromatic heterocycles. The third kappa shape index (κ3) is 1.43. The normalized spacial score (nSPS) is 10.7. The van der Waals surface area contributed by atoms with Gasteiger partial charge >= 0.3 is 0 Å². The Bertz CT molecular complexity index is 279. The van der Waals surface area contributed by atoms with Gasteiger partial charge in [0.05, 0.1) is 0 Å². The van der Waals surface area contributed by atoms with E-state index in [-0.39, 0.29) is 0 Å². The Hall–Kier alpha value is -1.24. The number of allylic oxidation sites excluding steroid dienone is 1. The molecule has 1 nitrogen and oxygen atoms in total. The summed E-state index contributed by atoms with van der Waals surface area (Å²) in [6.45, 7) is 7.82. The molecule has 0 aliphatic heterocycles. The highest BCUT2D eigenvalue weighted by atomic mass is 14.7. The molecule has 0 fully saturated rings. The first-order chi connectivity index (χ1) is 5.29. The van der Waals surface area contributed by atoms with Crippen LogP contribution >= 0.6 is 0 Å². The molecule has 58 valence electrons. The summed E-state index contributed by atoms with van der Waals surface area (Å²) in [7, 11) is 0. The molecule has 1 heteroatoms. The van der Waals surface area contributed by atoms with Crippen molar-refractivity contribution in [3.05, 3.63) is 35.7 Å². The summed E-state index contributed by atoms with van der Waals surface area (Å²) in [6.07, 6.45) is 7.95. The number of hydrogen-bond acceptors (Lipinski definition) is 0.